The molecule has 0 aromatic heterocycles. The number of rotatable bonds is 8. The van der Waals surface area contributed by atoms with Crippen molar-refractivity contribution >= 4 is 17.3 Å². The predicted molar refractivity (Wildman–Crippen MR) is 82.5 cm³/mol. The van der Waals surface area contributed by atoms with Gasteiger partial charge in [-0.2, -0.15) is 0 Å². The summed E-state index contributed by atoms with van der Waals surface area (Å²) in [7, 11) is 2.01. The lowest BCUT2D eigenvalue weighted by Gasteiger charge is -2.23. The second-order valence-corrected chi connectivity index (χ2v) is 5.02. The van der Waals surface area contributed by atoms with Crippen LogP contribution in [0.25, 0.3) is 0 Å². The summed E-state index contributed by atoms with van der Waals surface area (Å²) < 4.78 is 0. The third-order valence-corrected chi connectivity index (χ3v) is 3.60. The number of hydrogen-bond donors (Lipinski definition) is 2. The lowest BCUT2D eigenvalue weighted by molar-refractivity contribution is -0.384. The van der Waals surface area contributed by atoms with Crippen LogP contribution in [0, 0.1) is 10.1 Å². The molecule has 0 saturated carbocycles. The number of carbonyl (C=O) groups is 1. The minimum Gasteiger partial charge on any atom is -0.378 e. The van der Waals surface area contributed by atoms with Crippen LogP contribution in [-0.2, 0) is 0 Å². The fraction of sp³-hybridized carbons (Fsp3) is 0.500. The van der Waals surface area contributed by atoms with Gasteiger partial charge in [0, 0.05) is 30.8 Å². The maximum absolute atomic E-state index is 11.1. The Balaban J connectivity index is 2.75. The van der Waals surface area contributed by atoms with Gasteiger partial charge in [-0.15, -0.1) is 0 Å². The first-order valence-electron chi connectivity index (χ1n) is 6.89. The summed E-state index contributed by atoms with van der Waals surface area (Å²) >= 11 is 0. The third-order valence-electron chi connectivity index (χ3n) is 3.60. The van der Waals surface area contributed by atoms with Gasteiger partial charge in [0.25, 0.3) is 5.69 Å². The molecule has 1 amide bonds. The highest BCUT2D eigenvalue weighted by Gasteiger charge is 2.16. The Morgan fingerprint density at radius 1 is 1.52 bits per heavy atom. The molecular formula is C14H22N4O3. The molecule has 7 heteroatoms. The van der Waals surface area contributed by atoms with Gasteiger partial charge in [-0.25, -0.2) is 0 Å². The summed E-state index contributed by atoms with van der Waals surface area (Å²) in [5.41, 5.74) is 5.51. The van der Waals surface area contributed by atoms with Crippen LogP contribution < -0.4 is 11.1 Å². The van der Waals surface area contributed by atoms with Crippen LogP contribution in [0.2, 0.25) is 0 Å². The second-order valence-electron chi connectivity index (χ2n) is 5.02. The molecule has 1 atom stereocenters. The van der Waals surface area contributed by atoms with E-state index >= 15 is 0 Å². The lowest BCUT2D eigenvalue weighted by atomic mass is 10.1. The largest absolute Gasteiger partial charge is 0.378 e. The molecule has 0 fully saturated rings. The van der Waals surface area contributed by atoms with Gasteiger partial charge in [0.2, 0.25) is 5.91 Å². The van der Waals surface area contributed by atoms with E-state index in [2.05, 4.69) is 24.1 Å². The van der Waals surface area contributed by atoms with Crippen molar-refractivity contribution in [2.75, 3.05) is 25.5 Å². The van der Waals surface area contributed by atoms with E-state index in [1.54, 1.807) is 0 Å². The van der Waals surface area contributed by atoms with Gasteiger partial charge in [0.1, 0.15) is 5.69 Å². The number of nitrogens with one attached hydrogen (secondary N) is 1. The average Bonchev–Trinajstić information content (AvgIpc) is 2.45. The summed E-state index contributed by atoms with van der Waals surface area (Å²) in [5, 5.41) is 14.1. The number of benzene rings is 1. The minimum atomic E-state index is -0.679. The van der Waals surface area contributed by atoms with Crippen molar-refractivity contribution in [1.82, 2.24) is 4.90 Å². The molecule has 1 aromatic carbocycles. The quantitative estimate of drug-likeness (QED) is 0.562. The maximum Gasteiger partial charge on any atom is 0.293 e. The fourth-order valence-corrected chi connectivity index (χ4v) is 1.88. The van der Waals surface area contributed by atoms with Crippen LogP contribution >= 0.6 is 0 Å². The zero-order valence-corrected chi connectivity index (χ0v) is 12.6. The lowest BCUT2D eigenvalue weighted by Crippen LogP contribution is -2.32. The molecule has 0 aliphatic rings. The molecule has 3 N–H and O–H groups in total. The van der Waals surface area contributed by atoms with Crippen molar-refractivity contribution < 1.29 is 9.72 Å². The van der Waals surface area contributed by atoms with Gasteiger partial charge >= 0.3 is 0 Å². The Bertz CT molecular complexity index is 519. The molecule has 0 bridgehead atoms. The first-order valence-corrected chi connectivity index (χ1v) is 6.89. The Hall–Kier alpha value is -2.15. The van der Waals surface area contributed by atoms with Crippen molar-refractivity contribution in [2.45, 2.75) is 26.3 Å². The SMILES string of the molecule is CCC(C)N(C)CCNc1ccc(C(N)=O)cc1[N+](=O)[O-]. The Labute approximate surface area is 124 Å². The average molecular weight is 294 g/mol. The first-order chi connectivity index (χ1) is 9.86. The molecule has 116 valence electrons. The normalized spacial score (nSPS) is 12.2. The van der Waals surface area contributed by atoms with Crippen LogP contribution in [0.3, 0.4) is 0 Å². The molecule has 1 rings (SSSR count). The highest BCUT2D eigenvalue weighted by Crippen LogP contribution is 2.25. The van der Waals surface area contributed by atoms with Gasteiger partial charge < -0.3 is 16.0 Å². The van der Waals surface area contributed by atoms with Gasteiger partial charge in [-0.3, -0.25) is 14.9 Å². The standard InChI is InChI=1S/C14H22N4O3/c1-4-10(2)17(3)8-7-16-12-6-5-11(14(15)19)9-13(12)18(20)21/h5-6,9-10,16H,4,7-8H2,1-3H3,(H2,15,19). The second kappa shape index (κ2) is 7.58. The Kier molecular flexibility index (Phi) is 6.10. The topological polar surface area (TPSA) is 102 Å². The van der Waals surface area contributed by atoms with Crippen molar-refractivity contribution in [3.05, 3.63) is 33.9 Å². The Morgan fingerprint density at radius 2 is 2.19 bits per heavy atom. The number of amides is 1. The zero-order valence-electron chi connectivity index (χ0n) is 12.6. The van der Waals surface area contributed by atoms with E-state index in [1.807, 2.05) is 7.05 Å². The van der Waals surface area contributed by atoms with Crippen molar-refractivity contribution in [3.63, 3.8) is 0 Å². The molecule has 0 aliphatic heterocycles. The van der Waals surface area contributed by atoms with E-state index in [4.69, 9.17) is 5.73 Å². The molecule has 0 heterocycles. The van der Waals surface area contributed by atoms with Crippen LogP contribution in [0.15, 0.2) is 18.2 Å². The van der Waals surface area contributed by atoms with Gasteiger partial charge in [-0.1, -0.05) is 6.92 Å². The van der Waals surface area contributed by atoms with Gasteiger partial charge in [-0.05, 0) is 32.5 Å². The summed E-state index contributed by atoms with van der Waals surface area (Å²) in [4.78, 5) is 23.8. The molecule has 0 radical (unpaired) electrons. The number of nitro groups is 1. The summed E-state index contributed by atoms with van der Waals surface area (Å²) in [6.45, 7) is 5.59. The number of nitrogens with zero attached hydrogens (tertiary/aromatic N) is 2. The number of anilines is 1. The maximum atomic E-state index is 11.1. The molecule has 1 aromatic rings. The van der Waals surface area contributed by atoms with E-state index in [-0.39, 0.29) is 11.3 Å². The minimum absolute atomic E-state index is 0.129. The summed E-state index contributed by atoms with van der Waals surface area (Å²) in [6.07, 6.45) is 1.05. The monoisotopic (exact) mass is 294 g/mol. The fourth-order valence-electron chi connectivity index (χ4n) is 1.88. The number of nitro benzene ring substituents is 1. The van der Waals surface area contributed by atoms with Crippen LogP contribution in [0.4, 0.5) is 11.4 Å². The molecule has 0 aliphatic carbocycles. The molecular weight excluding hydrogens is 272 g/mol. The number of carbonyl (C=O) groups excluding carboxylic acids is 1. The van der Waals surface area contributed by atoms with E-state index in [1.165, 1.54) is 18.2 Å². The third kappa shape index (κ3) is 4.71. The van der Waals surface area contributed by atoms with Crippen molar-refractivity contribution in [3.8, 4) is 0 Å². The molecule has 0 saturated heterocycles. The highest BCUT2D eigenvalue weighted by atomic mass is 16.6. The Morgan fingerprint density at radius 3 is 2.71 bits per heavy atom. The van der Waals surface area contributed by atoms with E-state index in [9.17, 15) is 14.9 Å². The molecule has 7 nitrogen and oxygen atoms in total. The molecule has 21 heavy (non-hydrogen) atoms. The first kappa shape index (κ1) is 16.9. The number of primary amides is 1. The van der Waals surface area contributed by atoms with E-state index < -0.39 is 10.8 Å². The van der Waals surface area contributed by atoms with E-state index in [0.717, 1.165) is 13.0 Å². The van der Waals surface area contributed by atoms with Crippen molar-refractivity contribution in [2.24, 2.45) is 5.73 Å². The predicted octanol–water partition coefficient (Wildman–Crippen LogP) is 1.84. The van der Waals surface area contributed by atoms with Crippen LogP contribution in [-0.4, -0.2) is 41.9 Å². The van der Waals surface area contributed by atoms with Crippen LogP contribution in [0.1, 0.15) is 30.6 Å². The van der Waals surface area contributed by atoms with Crippen LogP contribution in [0.5, 0.6) is 0 Å². The molecule has 1 unspecified atom stereocenters. The smallest absolute Gasteiger partial charge is 0.293 e. The molecule has 0 spiro atoms. The van der Waals surface area contributed by atoms with E-state index in [0.29, 0.717) is 18.3 Å². The zero-order chi connectivity index (χ0) is 16.0. The number of hydrogen-bond acceptors (Lipinski definition) is 5. The number of nitrogens with two attached hydrogens (primary N) is 1. The summed E-state index contributed by atoms with van der Waals surface area (Å²) in [6, 6.07) is 4.65. The summed E-state index contributed by atoms with van der Waals surface area (Å²) in [5.74, 6) is -0.679. The van der Waals surface area contributed by atoms with Gasteiger partial charge in [0.15, 0.2) is 0 Å². The number of likely N-dealkylation sites (N-methyl/N-ethyl adjacent to an activating group) is 1. The highest BCUT2D eigenvalue weighted by molar-refractivity contribution is 5.94. The van der Waals surface area contributed by atoms with Crippen molar-refractivity contribution in [1.29, 1.82) is 0 Å². The van der Waals surface area contributed by atoms with Gasteiger partial charge in [0.05, 0.1) is 4.92 Å².